The van der Waals surface area contributed by atoms with Gasteiger partial charge in [-0.3, -0.25) is 0 Å². The van der Waals surface area contributed by atoms with Gasteiger partial charge in [0.2, 0.25) is 0 Å². The molecule has 2 aliphatic carbocycles. The number of likely N-dealkylation sites (N-methyl/N-ethyl adjacent to an activating group) is 1. The summed E-state index contributed by atoms with van der Waals surface area (Å²) in [5, 5.41) is 3.99. The molecule has 3 nitrogen and oxygen atoms in total. The van der Waals surface area contributed by atoms with E-state index >= 15 is 0 Å². The Morgan fingerprint density at radius 1 is 1.26 bits per heavy atom. The number of nitrogens with one attached hydrogen (secondary N) is 1. The second-order valence-electron chi connectivity index (χ2n) is 7.14. The summed E-state index contributed by atoms with van der Waals surface area (Å²) >= 11 is 0. The number of hydrogen-bond acceptors (Lipinski definition) is 3. The van der Waals surface area contributed by atoms with Gasteiger partial charge in [-0.2, -0.15) is 0 Å². The minimum atomic E-state index is 0.483. The molecule has 3 fully saturated rings. The minimum absolute atomic E-state index is 0.483. The van der Waals surface area contributed by atoms with Crippen molar-refractivity contribution in [1.82, 2.24) is 10.2 Å². The molecular weight excluding hydrogens is 236 g/mol. The molecule has 19 heavy (non-hydrogen) atoms. The monoisotopic (exact) mass is 266 g/mol. The third-order valence-corrected chi connectivity index (χ3v) is 5.90. The maximum atomic E-state index is 6.01. The lowest BCUT2D eigenvalue weighted by atomic mass is 9.60. The zero-order chi connectivity index (χ0) is 13.5. The summed E-state index contributed by atoms with van der Waals surface area (Å²) < 4.78 is 6.01. The van der Waals surface area contributed by atoms with Gasteiger partial charge in [-0.1, -0.05) is 19.8 Å². The van der Waals surface area contributed by atoms with E-state index in [1.807, 2.05) is 0 Å². The van der Waals surface area contributed by atoms with E-state index < -0.39 is 0 Å². The quantitative estimate of drug-likeness (QED) is 0.845. The highest BCUT2D eigenvalue weighted by Crippen LogP contribution is 2.55. The van der Waals surface area contributed by atoms with Crippen molar-refractivity contribution in [2.24, 2.45) is 11.3 Å². The van der Waals surface area contributed by atoms with Crippen molar-refractivity contribution in [3.63, 3.8) is 0 Å². The highest BCUT2D eigenvalue weighted by Gasteiger charge is 2.57. The van der Waals surface area contributed by atoms with Crippen LogP contribution in [0.2, 0.25) is 0 Å². The lowest BCUT2D eigenvalue weighted by molar-refractivity contribution is -0.133. The van der Waals surface area contributed by atoms with E-state index in [0.717, 1.165) is 12.5 Å². The molecule has 1 aliphatic heterocycles. The predicted molar refractivity (Wildman–Crippen MR) is 78.3 cm³/mol. The lowest BCUT2D eigenvalue weighted by Crippen LogP contribution is -2.65. The topological polar surface area (TPSA) is 24.5 Å². The van der Waals surface area contributed by atoms with Gasteiger partial charge in [0.05, 0.1) is 6.10 Å². The van der Waals surface area contributed by atoms with Crippen molar-refractivity contribution in [3.05, 3.63) is 0 Å². The number of likely N-dealkylation sites (tertiary alicyclic amines) is 1. The average Bonchev–Trinajstić information content (AvgIpc) is 2.97. The summed E-state index contributed by atoms with van der Waals surface area (Å²) in [6.07, 6.45) is 7.34. The molecule has 110 valence electrons. The van der Waals surface area contributed by atoms with E-state index in [9.17, 15) is 0 Å². The van der Waals surface area contributed by atoms with Crippen molar-refractivity contribution in [3.8, 4) is 0 Å². The molecule has 4 unspecified atom stereocenters. The molecule has 1 heterocycles. The van der Waals surface area contributed by atoms with Crippen LogP contribution in [0.1, 0.15) is 46.0 Å². The molecule has 2 saturated carbocycles. The van der Waals surface area contributed by atoms with Gasteiger partial charge in [0.15, 0.2) is 0 Å². The zero-order valence-corrected chi connectivity index (χ0v) is 12.8. The predicted octanol–water partition coefficient (Wildman–Crippen LogP) is 2.26. The SMILES string of the molecule is CCOC1CC(NC2CN(C)CC2C)C12CCCC2. The summed E-state index contributed by atoms with van der Waals surface area (Å²) in [4.78, 5) is 2.46. The molecule has 0 aromatic heterocycles. The molecule has 4 atom stereocenters. The van der Waals surface area contributed by atoms with Crippen LogP contribution in [0.4, 0.5) is 0 Å². The van der Waals surface area contributed by atoms with Gasteiger partial charge < -0.3 is 15.0 Å². The van der Waals surface area contributed by atoms with Crippen LogP contribution in [-0.4, -0.2) is 49.8 Å². The van der Waals surface area contributed by atoms with Crippen molar-refractivity contribution in [2.45, 2.75) is 64.1 Å². The standard InChI is InChI=1S/C16H30N2O/c1-4-19-15-9-14(16(15)7-5-6-8-16)17-13-11-18(3)10-12(13)2/h12-15,17H,4-11H2,1-3H3. The Morgan fingerprint density at radius 3 is 2.58 bits per heavy atom. The Morgan fingerprint density at radius 2 is 2.00 bits per heavy atom. The van der Waals surface area contributed by atoms with Crippen molar-refractivity contribution < 1.29 is 4.74 Å². The van der Waals surface area contributed by atoms with E-state index in [1.165, 1.54) is 45.2 Å². The maximum absolute atomic E-state index is 6.01. The van der Waals surface area contributed by atoms with Crippen molar-refractivity contribution in [2.75, 3.05) is 26.7 Å². The fourth-order valence-corrected chi connectivity index (χ4v) is 4.80. The zero-order valence-electron chi connectivity index (χ0n) is 12.8. The van der Waals surface area contributed by atoms with E-state index in [0.29, 0.717) is 23.6 Å². The van der Waals surface area contributed by atoms with Gasteiger partial charge in [0.25, 0.3) is 0 Å². The van der Waals surface area contributed by atoms with E-state index in [1.54, 1.807) is 0 Å². The first-order valence-corrected chi connectivity index (χ1v) is 8.22. The van der Waals surface area contributed by atoms with Crippen LogP contribution in [0.15, 0.2) is 0 Å². The molecule has 0 radical (unpaired) electrons. The average molecular weight is 266 g/mol. The van der Waals surface area contributed by atoms with E-state index in [-0.39, 0.29) is 0 Å². The van der Waals surface area contributed by atoms with Crippen LogP contribution >= 0.6 is 0 Å². The summed E-state index contributed by atoms with van der Waals surface area (Å²) in [5.74, 6) is 0.787. The molecule has 1 N–H and O–H groups in total. The molecule has 0 amide bonds. The molecule has 3 rings (SSSR count). The Kier molecular flexibility index (Phi) is 3.89. The molecule has 0 bridgehead atoms. The van der Waals surface area contributed by atoms with Gasteiger partial charge in [0, 0.05) is 37.2 Å². The smallest absolute Gasteiger partial charge is 0.0661 e. The molecule has 0 aromatic rings. The van der Waals surface area contributed by atoms with Gasteiger partial charge in [-0.05, 0) is 39.2 Å². The molecule has 3 heteroatoms. The molecule has 1 saturated heterocycles. The van der Waals surface area contributed by atoms with Gasteiger partial charge >= 0.3 is 0 Å². The third-order valence-electron chi connectivity index (χ3n) is 5.90. The Hall–Kier alpha value is -0.120. The molecular formula is C16H30N2O. The largest absolute Gasteiger partial charge is 0.378 e. The van der Waals surface area contributed by atoms with E-state index in [4.69, 9.17) is 4.74 Å². The second kappa shape index (κ2) is 5.34. The summed E-state index contributed by atoms with van der Waals surface area (Å²) in [6, 6.07) is 1.40. The van der Waals surface area contributed by atoms with E-state index in [2.05, 4.69) is 31.1 Å². The number of nitrogens with zero attached hydrogens (tertiary/aromatic N) is 1. The summed E-state index contributed by atoms with van der Waals surface area (Å²) in [6.45, 7) is 7.86. The van der Waals surface area contributed by atoms with Gasteiger partial charge in [-0.25, -0.2) is 0 Å². The molecule has 0 aromatic carbocycles. The first kappa shape index (κ1) is 13.8. The normalized spacial score (nSPS) is 41.8. The third kappa shape index (κ3) is 2.34. The van der Waals surface area contributed by atoms with Crippen LogP contribution in [0, 0.1) is 11.3 Å². The Bertz CT molecular complexity index is 314. The Balaban J connectivity index is 1.62. The lowest BCUT2D eigenvalue weighted by Gasteiger charge is -2.55. The fraction of sp³-hybridized carbons (Fsp3) is 1.00. The summed E-state index contributed by atoms with van der Waals surface area (Å²) in [7, 11) is 2.24. The highest BCUT2D eigenvalue weighted by molar-refractivity contribution is 5.11. The Labute approximate surface area is 118 Å². The molecule has 3 aliphatic rings. The van der Waals surface area contributed by atoms with Gasteiger partial charge in [0.1, 0.15) is 0 Å². The maximum Gasteiger partial charge on any atom is 0.0661 e. The van der Waals surface area contributed by atoms with Crippen molar-refractivity contribution >= 4 is 0 Å². The van der Waals surface area contributed by atoms with Gasteiger partial charge in [-0.15, -0.1) is 0 Å². The molecule has 1 spiro atoms. The fourth-order valence-electron chi connectivity index (χ4n) is 4.80. The van der Waals surface area contributed by atoms with Crippen LogP contribution < -0.4 is 5.32 Å². The first-order valence-electron chi connectivity index (χ1n) is 8.22. The minimum Gasteiger partial charge on any atom is -0.378 e. The second-order valence-corrected chi connectivity index (χ2v) is 7.14. The number of ether oxygens (including phenoxy) is 1. The highest BCUT2D eigenvalue weighted by atomic mass is 16.5. The summed E-state index contributed by atoms with van der Waals surface area (Å²) in [5.41, 5.74) is 0.483. The first-order chi connectivity index (χ1) is 9.15. The van der Waals surface area contributed by atoms with Crippen LogP contribution in [0.5, 0.6) is 0 Å². The number of rotatable bonds is 4. The van der Waals surface area contributed by atoms with Crippen LogP contribution in [0.3, 0.4) is 0 Å². The number of hydrogen-bond donors (Lipinski definition) is 1. The van der Waals surface area contributed by atoms with Crippen LogP contribution in [0.25, 0.3) is 0 Å². The van der Waals surface area contributed by atoms with Crippen molar-refractivity contribution in [1.29, 1.82) is 0 Å². The van der Waals surface area contributed by atoms with Crippen LogP contribution in [-0.2, 0) is 4.74 Å².